The van der Waals surface area contributed by atoms with Gasteiger partial charge in [0.2, 0.25) is 6.29 Å². The third-order valence-corrected chi connectivity index (χ3v) is 7.89. The van der Waals surface area contributed by atoms with Crippen LogP contribution in [0.2, 0.25) is 0 Å². The Labute approximate surface area is 256 Å². The van der Waals surface area contributed by atoms with Gasteiger partial charge in [-0.2, -0.15) is 0 Å². The highest BCUT2D eigenvalue weighted by Gasteiger charge is 2.55. The first-order valence-electron chi connectivity index (χ1n) is 14.1. The molecule has 0 amide bonds. The minimum atomic E-state index is -1.94. The zero-order valence-electron chi connectivity index (χ0n) is 24.3. The van der Waals surface area contributed by atoms with E-state index in [1.165, 1.54) is 32.2 Å². The van der Waals surface area contributed by atoms with Gasteiger partial charge >= 0.3 is 0 Å². The van der Waals surface area contributed by atoms with Crippen LogP contribution >= 0.6 is 0 Å². The van der Waals surface area contributed by atoms with E-state index in [1.807, 2.05) is 0 Å². The van der Waals surface area contributed by atoms with Crippen LogP contribution in [0, 0.1) is 0 Å². The van der Waals surface area contributed by atoms with Crippen molar-refractivity contribution < 1.29 is 89.0 Å². The summed E-state index contributed by atoms with van der Waals surface area (Å²) >= 11 is 0. The van der Waals surface area contributed by atoms with Crippen LogP contribution in [0.25, 0.3) is 0 Å². The first kappa shape index (κ1) is 35.7. The quantitative estimate of drug-likeness (QED) is 0.0999. The number of hydrogen-bond acceptors (Lipinski definition) is 18. The average molecular weight is 653 g/mol. The molecular formula is C27H40O18. The van der Waals surface area contributed by atoms with E-state index < -0.39 is 112 Å². The van der Waals surface area contributed by atoms with Gasteiger partial charge in [-0.05, 0) is 25.1 Å². The number of ketones is 1. The van der Waals surface area contributed by atoms with Crippen molar-refractivity contribution in [3.8, 4) is 11.5 Å². The van der Waals surface area contributed by atoms with Gasteiger partial charge in [0.05, 0.1) is 26.9 Å². The molecule has 45 heavy (non-hydrogen) atoms. The Balaban J connectivity index is 1.72. The fourth-order valence-corrected chi connectivity index (χ4v) is 5.21. The lowest BCUT2D eigenvalue weighted by Crippen LogP contribution is -2.67. The molecule has 18 nitrogen and oxygen atoms in total. The molecule has 3 heterocycles. The molecule has 10 N–H and O–H groups in total. The number of methoxy groups -OCH3 is 1. The smallest absolute Gasteiger partial charge is 0.229 e. The van der Waals surface area contributed by atoms with E-state index in [0.717, 1.165) is 0 Å². The Kier molecular flexibility index (Phi) is 12.1. The monoisotopic (exact) mass is 652 g/mol. The van der Waals surface area contributed by atoms with Crippen LogP contribution < -0.4 is 9.47 Å². The van der Waals surface area contributed by atoms with Gasteiger partial charge in [0.15, 0.2) is 36.0 Å². The number of aliphatic hydroxyl groups is 10. The Morgan fingerprint density at radius 1 is 0.644 bits per heavy atom. The average Bonchev–Trinajstić information content (AvgIpc) is 3.03. The fraction of sp³-hybridized carbons (Fsp3) is 0.741. The number of ether oxygens (including phenoxy) is 7. The van der Waals surface area contributed by atoms with Gasteiger partial charge in [-0.3, -0.25) is 4.79 Å². The first-order chi connectivity index (χ1) is 21.4. The Morgan fingerprint density at radius 3 is 1.58 bits per heavy atom. The van der Waals surface area contributed by atoms with Crippen molar-refractivity contribution in [2.75, 3.05) is 26.9 Å². The van der Waals surface area contributed by atoms with Crippen molar-refractivity contribution in [1.82, 2.24) is 0 Å². The molecule has 0 unspecified atom stereocenters. The standard InChI is InChI=1S/C27H40O18/c1-9(31)10-3-4-11(12(5-10)39-2)40-27-24(45-26-22(38)20(36)17(33)14(7-29)42-26)23(18(34)15(8-30)43-27)44-25-21(37)19(35)16(32)13(6-28)41-25/h3-5,13-30,32-38H,6-8H2,1-2H3/t13-,14-,15-,16-,17-,18-,19+,20+,21-,22-,23+,24-,25+,26+,27-/m1/s1. The first-order valence-corrected chi connectivity index (χ1v) is 14.1. The summed E-state index contributed by atoms with van der Waals surface area (Å²) in [7, 11) is 1.29. The van der Waals surface area contributed by atoms with Crippen LogP contribution in [-0.4, -0.2) is 176 Å². The largest absolute Gasteiger partial charge is 0.493 e. The Hall–Kier alpha value is -2.11. The zero-order chi connectivity index (χ0) is 33.2. The number of benzene rings is 1. The summed E-state index contributed by atoms with van der Waals surface area (Å²) < 4.78 is 39.7. The minimum Gasteiger partial charge on any atom is -0.493 e. The second-order valence-corrected chi connectivity index (χ2v) is 10.9. The second-order valence-electron chi connectivity index (χ2n) is 10.9. The molecule has 0 radical (unpaired) electrons. The normalized spacial score (nSPS) is 42.3. The number of aliphatic hydroxyl groups excluding tert-OH is 10. The van der Waals surface area contributed by atoms with E-state index in [-0.39, 0.29) is 22.8 Å². The number of carbonyl (C=O) groups excluding carboxylic acids is 1. The highest BCUT2D eigenvalue weighted by Crippen LogP contribution is 2.36. The maximum absolute atomic E-state index is 11.9. The maximum atomic E-state index is 11.9. The predicted molar refractivity (Wildman–Crippen MR) is 143 cm³/mol. The molecule has 0 aliphatic carbocycles. The molecule has 0 saturated carbocycles. The molecule has 3 fully saturated rings. The van der Waals surface area contributed by atoms with Gasteiger partial charge in [-0.1, -0.05) is 0 Å². The maximum Gasteiger partial charge on any atom is 0.229 e. The highest BCUT2D eigenvalue weighted by atomic mass is 16.8. The number of Topliss-reactive ketones (excluding diaryl/α,β-unsaturated/α-hetero) is 1. The van der Waals surface area contributed by atoms with Gasteiger partial charge in [0.25, 0.3) is 0 Å². The molecule has 0 aromatic heterocycles. The number of hydrogen-bond donors (Lipinski definition) is 10. The topological polar surface area (TPSA) is 284 Å². The van der Waals surface area contributed by atoms with Gasteiger partial charge < -0.3 is 84.2 Å². The molecule has 256 valence electrons. The van der Waals surface area contributed by atoms with Crippen LogP contribution in [0.4, 0.5) is 0 Å². The van der Waals surface area contributed by atoms with Gasteiger partial charge in [-0.25, -0.2) is 0 Å². The summed E-state index contributed by atoms with van der Waals surface area (Å²) in [6.07, 6.45) is -26.0. The van der Waals surface area contributed by atoms with Crippen LogP contribution in [0.3, 0.4) is 0 Å². The van der Waals surface area contributed by atoms with Gasteiger partial charge in [0, 0.05) is 5.56 Å². The number of carbonyl (C=O) groups is 1. The van der Waals surface area contributed by atoms with E-state index in [4.69, 9.17) is 33.2 Å². The van der Waals surface area contributed by atoms with E-state index in [1.54, 1.807) is 0 Å². The summed E-state index contributed by atoms with van der Waals surface area (Å²) in [4.78, 5) is 11.9. The second kappa shape index (κ2) is 15.2. The van der Waals surface area contributed by atoms with Crippen molar-refractivity contribution in [3.63, 3.8) is 0 Å². The third-order valence-electron chi connectivity index (χ3n) is 7.89. The summed E-state index contributed by atoms with van der Waals surface area (Å²) in [5.41, 5.74) is 0.269. The summed E-state index contributed by atoms with van der Waals surface area (Å²) in [6, 6.07) is 4.14. The molecular weight excluding hydrogens is 612 g/mol. The Bertz CT molecular complexity index is 1120. The van der Waals surface area contributed by atoms with Crippen molar-refractivity contribution in [2.24, 2.45) is 0 Å². The highest BCUT2D eigenvalue weighted by molar-refractivity contribution is 5.94. The minimum absolute atomic E-state index is 0.0328. The summed E-state index contributed by atoms with van der Waals surface area (Å²) in [5, 5.41) is 103. The summed E-state index contributed by atoms with van der Waals surface area (Å²) in [5.74, 6) is -0.264. The molecule has 18 heteroatoms. The lowest BCUT2D eigenvalue weighted by atomic mass is 9.96. The molecule has 0 spiro atoms. The van der Waals surface area contributed by atoms with E-state index in [0.29, 0.717) is 0 Å². The molecule has 3 aliphatic heterocycles. The predicted octanol–water partition coefficient (Wildman–Crippen LogP) is -5.28. The van der Waals surface area contributed by atoms with Crippen LogP contribution in [0.1, 0.15) is 17.3 Å². The van der Waals surface area contributed by atoms with Crippen molar-refractivity contribution in [1.29, 1.82) is 0 Å². The lowest BCUT2D eigenvalue weighted by molar-refractivity contribution is -0.384. The molecule has 4 rings (SSSR count). The molecule has 1 aromatic rings. The number of rotatable bonds is 11. The van der Waals surface area contributed by atoms with Crippen LogP contribution in [0.5, 0.6) is 11.5 Å². The zero-order valence-corrected chi connectivity index (χ0v) is 24.3. The van der Waals surface area contributed by atoms with Crippen molar-refractivity contribution in [2.45, 2.75) is 99.0 Å². The van der Waals surface area contributed by atoms with Crippen LogP contribution in [-0.2, 0) is 23.7 Å². The lowest BCUT2D eigenvalue weighted by Gasteiger charge is -2.48. The van der Waals surface area contributed by atoms with E-state index in [9.17, 15) is 55.9 Å². The van der Waals surface area contributed by atoms with Gasteiger partial charge in [-0.15, -0.1) is 0 Å². The molecule has 15 atom stereocenters. The third kappa shape index (κ3) is 7.40. The van der Waals surface area contributed by atoms with Crippen molar-refractivity contribution >= 4 is 5.78 Å². The van der Waals surface area contributed by atoms with Crippen molar-refractivity contribution in [3.05, 3.63) is 23.8 Å². The van der Waals surface area contributed by atoms with E-state index >= 15 is 0 Å². The molecule has 3 aliphatic rings. The van der Waals surface area contributed by atoms with E-state index in [2.05, 4.69) is 0 Å². The molecule has 0 bridgehead atoms. The molecule has 1 aromatic carbocycles. The summed E-state index contributed by atoms with van der Waals surface area (Å²) in [6.45, 7) is -1.08. The SMILES string of the molecule is COc1cc(C(C)=O)ccc1O[C@@H]1O[C@H](CO)[C@@H](O)[C@H](O[C@@H]2O[C@H](CO)[C@@H](O)[C@H](O)[C@H]2O)[C@H]1O[C@@H]1O[C@H](CO)[C@@H](O)[C@H](O)[C@H]1O. The fourth-order valence-electron chi connectivity index (χ4n) is 5.21. The molecule has 3 saturated heterocycles. The van der Waals surface area contributed by atoms with Crippen LogP contribution in [0.15, 0.2) is 18.2 Å². The Morgan fingerprint density at radius 2 is 1.11 bits per heavy atom. The van der Waals surface area contributed by atoms with Gasteiger partial charge in [0.1, 0.15) is 67.1 Å².